The molecule has 61 valence electrons. The number of carbonyl (C=O) groups excluding carboxylic acids is 1. The largest absolute Gasteiger partial charge is 0.427 e. The molecule has 3 heteroatoms. The smallest absolute Gasteiger partial charge is 0.308 e. The quantitative estimate of drug-likeness (QED) is 0.502. The van der Waals surface area contributed by atoms with Crippen molar-refractivity contribution in [2.75, 3.05) is 0 Å². The number of carbonyl (C=O) groups is 1. The molecule has 2 nitrogen and oxygen atoms in total. The fourth-order valence-corrected chi connectivity index (χ4v) is 0.655. The number of benzene rings is 1. The summed E-state index contributed by atoms with van der Waals surface area (Å²) in [5.74, 6) is 0.307. The van der Waals surface area contributed by atoms with Gasteiger partial charge in [0, 0.05) is 23.7 Å². The Hall–Kier alpha value is -0.804. The van der Waals surface area contributed by atoms with Crippen molar-refractivity contribution < 1.29 is 26.3 Å². The summed E-state index contributed by atoms with van der Waals surface area (Å²) in [4.78, 5) is 10.4. The van der Waals surface area contributed by atoms with Crippen molar-refractivity contribution in [3.63, 3.8) is 0 Å². The number of esters is 1. The van der Waals surface area contributed by atoms with Gasteiger partial charge >= 0.3 is 5.97 Å². The van der Waals surface area contributed by atoms with Gasteiger partial charge in [-0.25, -0.2) is 0 Å². The zero-order valence-electron chi connectivity index (χ0n) is 6.04. The van der Waals surface area contributed by atoms with E-state index in [4.69, 9.17) is 4.74 Å². The summed E-state index contributed by atoms with van der Waals surface area (Å²) in [5, 5.41) is 0. The van der Waals surface area contributed by atoms with Gasteiger partial charge in [0.15, 0.2) is 0 Å². The molecule has 0 atom stereocenters. The Balaban J connectivity index is 0.000001000. The Morgan fingerprint density at radius 3 is 2.27 bits per heavy atom. The van der Waals surface area contributed by atoms with E-state index in [0.29, 0.717) is 5.75 Å². The predicted octanol–water partition coefficient (Wildman–Crippen LogP) is 1.61. The fourth-order valence-electron chi connectivity index (χ4n) is 0.655. The topological polar surface area (TPSA) is 26.3 Å². The first-order valence-electron chi connectivity index (χ1n) is 3.02. The van der Waals surface area contributed by atoms with Crippen LogP contribution in [0.1, 0.15) is 6.92 Å². The first-order chi connectivity index (χ1) is 4.79. The maximum atomic E-state index is 10.4. The van der Waals surface area contributed by atoms with Crippen LogP contribution in [0.15, 0.2) is 30.3 Å². The Bertz CT molecular complexity index is 221. The molecule has 0 saturated heterocycles. The summed E-state index contributed by atoms with van der Waals surface area (Å²) >= 11 is 0. The van der Waals surface area contributed by atoms with Crippen LogP contribution in [0.4, 0.5) is 0 Å². The van der Waals surface area contributed by atoms with Crippen LogP contribution in [0.2, 0.25) is 0 Å². The fraction of sp³-hybridized carbons (Fsp3) is 0.125. The van der Waals surface area contributed by atoms with Crippen molar-refractivity contribution in [2.24, 2.45) is 0 Å². The van der Waals surface area contributed by atoms with Crippen LogP contribution < -0.4 is 4.74 Å². The van der Waals surface area contributed by atoms with Crippen molar-refractivity contribution in [1.82, 2.24) is 0 Å². The minimum absolute atomic E-state index is 0. The third-order valence-electron chi connectivity index (χ3n) is 1.00. The van der Waals surface area contributed by atoms with E-state index in [0.717, 1.165) is 0 Å². The van der Waals surface area contributed by atoms with Gasteiger partial charge in [-0.15, -0.1) is 0 Å². The molecule has 0 aliphatic carbocycles. The summed E-state index contributed by atoms with van der Waals surface area (Å²) in [5.41, 5.74) is 0. The molecule has 0 saturated carbocycles. The van der Waals surface area contributed by atoms with E-state index in [9.17, 15) is 4.79 Å². The van der Waals surface area contributed by atoms with Gasteiger partial charge < -0.3 is 4.74 Å². The Kier molecular flexibility index (Phi) is 4.57. The average molecular weight is 195 g/mol. The van der Waals surface area contributed by atoms with E-state index in [1.54, 1.807) is 12.1 Å². The second kappa shape index (κ2) is 4.93. The minimum Gasteiger partial charge on any atom is -0.427 e. The first kappa shape index (κ1) is 10.2. The molecular formula is C8H8CoO2. The molecule has 11 heavy (non-hydrogen) atoms. The molecule has 0 heterocycles. The minimum atomic E-state index is -0.286. The molecular weight excluding hydrogens is 187 g/mol. The molecule has 0 bridgehead atoms. The molecule has 1 aromatic rings. The maximum absolute atomic E-state index is 10.4. The molecule has 0 aliphatic rings. The van der Waals surface area contributed by atoms with Crippen molar-refractivity contribution >= 4 is 5.97 Å². The summed E-state index contributed by atoms with van der Waals surface area (Å²) in [6, 6.07) is 8.98. The van der Waals surface area contributed by atoms with Crippen LogP contribution in [0.3, 0.4) is 0 Å². The second-order valence-electron chi connectivity index (χ2n) is 1.91. The summed E-state index contributed by atoms with van der Waals surface area (Å²) in [7, 11) is 0. The Labute approximate surface area is 75.8 Å². The van der Waals surface area contributed by atoms with Crippen LogP contribution in [0.5, 0.6) is 5.75 Å². The van der Waals surface area contributed by atoms with Gasteiger partial charge in [-0.2, -0.15) is 0 Å². The Morgan fingerprint density at radius 1 is 1.27 bits per heavy atom. The standard InChI is InChI=1S/C8H8O2.Co/c1-7(9)10-8-5-3-2-4-6-8;/h2-6H,1H3;. The van der Waals surface area contributed by atoms with Crippen LogP contribution >= 0.6 is 0 Å². The van der Waals surface area contributed by atoms with Crippen LogP contribution in [0, 0.1) is 0 Å². The second-order valence-corrected chi connectivity index (χ2v) is 1.91. The van der Waals surface area contributed by atoms with Gasteiger partial charge in [0.05, 0.1) is 0 Å². The third kappa shape index (κ3) is 3.80. The van der Waals surface area contributed by atoms with Crippen molar-refractivity contribution in [2.45, 2.75) is 6.92 Å². The van der Waals surface area contributed by atoms with Gasteiger partial charge in [-0.1, -0.05) is 18.2 Å². The van der Waals surface area contributed by atoms with E-state index in [1.165, 1.54) is 6.92 Å². The summed E-state index contributed by atoms with van der Waals surface area (Å²) < 4.78 is 4.78. The number of rotatable bonds is 1. The molecule has 0 amide bonds. The predicted molar refractivity (Wildman–Crippen MR) is 37.8 cm³/mol. The molecule has 1 rings (SSSR count). The van der Waals surface area contributed by atoms with Crippen LogP contribution in [-0.2, 0) is 21.6 Å². The van der Waals surface area contributed by atoms with E-state index in [-0.39, 0.29) is 22.7 Å². The van der Waals surface area contributed by atoms with E-state index in [1.807, 2.05) is 18.2 Å². The summed E-state index contributed by atoms with van der Waals surface area (Å²) in [6.07, 6.45) is 0. The number of para-hydroxylation sites is 1. The number of ether oxygens (including phenoxy) is 1. The van der Waals surface area contributed by atoms with Crippen molar-refractivity contribution in [3.05, 3.63) is 30.3 Å². The Morgan fingerprint density at radius 2 is 1.82 bits per heavy atom. The molecule has 1 radical (unpaired) electrons. The average Bonchev–Trinajstić information content (AvgIpc) is 1.88. The van der Waals surface area contributed by atoms with Crippen LogP contribution in [0.25, 0.3) is 0 Å². The monoisotopic (exact) mass is 195 g/mol. The normalized spacial score (nSPS) is 8.09. The van der Waals surface area contributed by atoms with E-state index in [2.05, 4.69) is 0 Å². The van der Waals surface area contributed by atoms with Gasteiger partial charge in [-0.3, -0.25) is 4.79 Å². The van der Waals surface area contributed by atoms with Gasteiger partial charge in [-0.05, 0) is 12.1 Å². The van der Waals surface area contributed by atoms with Crippen LogP contribution in [-0.4, -0.2) is 5.97 Å². The maximum Gasteiger partial charge on any atom is 0.308 e. The van der Waals surface area contributed by atoms with Gasteiger partial charge in [0.25, 0.3) is 0 Å². The molecule has 0 fully saturated rings. The third-order valence-corrected chi connectivity index (χ3v) is 1.00. The zero-order valence-corrected chi connectivity index (χ0v) is 7.08. The number of hydrogen-bond acceptors (Lipinski definition) is 2. The SMILES string of the molecule is CC(=O)Oc1ccccc1.[Co]. The molecule has 0 aromatic heterocycles. The first-order valence-corrected chi connectivity index (χ1v) is 3.02. The van der Waals surface area contributed by atoms with Gasteiger partial charge in [0.1, 0.15) is 5.75 Å². The van der Waals surface area contributed by atoms with Crippen molar-refractivity contribution in [1.29, 1.82) is 0 Å². The zero-order chi connectivity index (χ0) is 7.40. The van der Waals surface area contributed by atoms with E-state index < -0.39 is 0 Å². The molecule has 0 unspecified atom stereocenters. The molecule has 0 spiro atoms. The van der Waals surface area contributed by atoms with E-state index >= 15 is 0 Å². The molecule has 0 N–H and O–H groups in total. The van der Waals surface area contributed by atoms with Gasteiger partial charge in [0.2, 0.25) is 0 Å². The summed E-state index contributed by atoms with van der Waals surface area (Å²) in [6.45, 7) is 1.38. The molecule has 0 aliphatic heterocycles. The molecule has 1 aromatic carbocycles. The van der Waals surface area contributed by atoms with Crippen molar-refractivity contribution in [3.8, 4) is 5.75 Å². The number of hydrogen-bond donors (Lipinski definition) is 0.